The largest absolute Gasteiger partial charge is 0.261 e. The molecule has 0 heterocycles. The van der Waals surface area contributed by atoms with Crippen LogP contribution >= 0.6 is 49.6 Å². The van der Waals surface area contributed by atoms with E-state index in [9.17, 15) is 0 Å². The summed E-state index contributed by atoms with van der Waals surface area (Å²) in [7, 11) is 1.85. The fourth-order valence-electron chi connectivity index (χ4n) is 0.177. The van der Waals surface area contributed by atoms with Gasteiger partial charge < -0.3 is 0 Å². The second-order valence-corrected chi connectivity index (χ2v) is 0.780. The summed E-state index contributed by atoms with van der Waals surface area (Å²) in [6.07, 6.45) is 0. The van der Waals surface area contributed by atoms with Crippen LogP contribution in [0.1, 0.15) is 6.92 Å². The van der Waals surface area contributed by atoms with Crippen LogP contribution in [0, 0.1) is 0 Å². The Bertz CT molecular complexity index is 21.3. The van der Waals surface area contributed by atoms with E-state index in [1.807, 2.05) is 14.0 Å². The van der Waals surface area contributed by atoms with E-state index in [2.05, 4.69) is 10.9 Å². The first-order valence-corrected chi connectivity index (χ1v) is 1.81. The normalized spacial score (nSPS) is 4.67. The molecule has 0 amide bonds. The second-order valence-electron chi connectivity index (χ2n) is 0.780. The molecular weight excluding hydrogens is 206 g/mol. The van der Waals surface area contributed by atoms with Crippen LogP contribution in [0.4, 0.5) is 0 Å². The SMILES string of the molecule is CCNNC.Cl.Cl.Cl.Cl. The maximum atomic E-state index is 2.86. The number of halogens is 4. The maximum Gasteiger partial charge on any atom is 0.00712 e. The topological polar surface area (TPSA) is 24.1 Å². The summed E-state index contributed by atoms with van der Waals surface area (Å²) in [5, 5.41) is 0. The first-order valence-electron chi connectivity index (χ1n) is 1.81. The van der Waals surface area contributed by atoms with Gasteiger partial charge in [0, 0.05) is 6.54 Å². The molecule has 0 aliphatic carbocycles. The Morgan fingerprint density at radius 3 is 1.33 bits per heavy atom. The van der Waals surface area contributed by atoms with Gasteiger partial charge in [-0.15, -0.1) is 49.6 Å². The van der Waals surface area contributed by atoms with Gasteiger partial charge in [0.05, 0.1) is 0 Å². The van der Waals surface area contributed by atoms with Gasteiger partial charge in [-0.3, -0.25) is 10.9 Å². The zero-order chi connectivity index (χ0) is 4.12. The Kier molecular flexibility index (Phi) is 127. The lowest BCUT2D eigenvalue weighted by molar-refractivity contribution is 0.623. The van der Waals surface area contributed by atoms with E-state index >= 15 is 0 Å². The standard InChI is InChI=1S/C3H10N2.4ClH/c1-3-5-4-2;;;;/h4-5H,3H2,1-2H3;4*1H. The van der Waals surface area contributed by atoms with Crippen LogP contribution in [0.15, 0.2) is 0 Å². The van der Waals surface area contributed by atoms with Crippen molar-refractivity contribution in [3.8, 4) is 0 Å². The zero-order valence-electron chi connectivity index (χ0n) is 5.34. The lowest BCUT2D eigenvalue weighted by atomic mass is 10.8. The van der Waals surface area contributed by atoms with Gasteiger partial charge in [-0.25, -0.2) is 0 Å². The van der Waals surface area contributed by atoms with Crippen molar-refractivity contribution in [2.45, 2.75) is 6.92 Å². The summed E-state index contributed by atoms with van der Waals surface area (Å²) in [4.78, 5) is 0. The van der Waals surface area contributed by atoms with Crippen molar-refractivity contribution >= 4 is 49.6 Å². The fourth-order valence-corrected chi connectivity index (χ4v) is 0.177. The van der Waals surface area contributed by atoms with Crippen LogP contribution in [-0.4, -0.2) is 13.6 Å². The van der Waals surface area contributed by atoms with Crippen LogP contribution in [0.2, 0.25) is 0 Å². The first kappa shape index (κ1) is 32.2. The Hall–Kier alpha value is 1.08. The van der Waals surface area contributed by atoms with Crippen molar-refractivity contribution in [1.29, 1.82) is 0 Å². The van der Waals surface area contributed by atoms with Crippen LogP contribution in [-0.2, 0) is 0 Å². The maximum absolute atomic E-state index is 2.86. The molecular formula is C3H14Cl4N2. The van der Waals surface area contributed by atoms with Crippen LogP contribution in [0.25, 0.3) is 0 Å². The molecule has 0 aromatic heterocycles. The van der Waals surface area contributed by atoms with E-state index in [0.717, 1.165) is 6.54 Å². The van der Waals surface area contributed by atoms with Crippen LogP contribution < -0.4 is 10.9 Å². The summed E-state index contributed by atoms with van der Waals surface area (Å²) in [6.45, 7) is 3.02. The molecule has 0 bridgehead atoms. The molecule has 9 heavy (non-hydrogen) atoms. The summed E-state index contributed by atoms with van der Waals surface area (Å²) >= 11 is 0. The van der Waals surface area contributed by atoms with E-state index in [0.29, 0.717) is 0 Å². The minimum absolute atomic E-state index is 0. The van der Waals surface area contributed by atoms with Gasteiger partial charge >= 0.3 is 0 Å². The average molecular weight is 220 g/mol. The van der Waals surface area contributed by atoms with E-state index in [4.69, 9.17) is 0 Å². The first-order chi connectivity index (χ1) is 2.41. The molecule has 0 atom stereocenters. The Morgan fingerprint density at radius 2 is 1.33 bits per heavy atom. The van der Waals surface area contributed by atoms with E-state index < -0.39 is 0 Å². The molecule has 2 N–H and O–H groups in total. The predicted octanol–water partition coefficient (Wildman–Crippen LogP) is 1.42. The number of hydrogen-bond acceptors (Lipinski definition) is 2. The van der Waals surface area contributed by atoms with Gasteiger partial charge in [0.2, 0.25) is 0 Å². The lowest BCUT2D eigenvalue weighted by Gasteiger charge is -1.90. The van der Waals surface area contributed by atoms with Gasteiger partial charge in [-0.1, -0.05) is 6.92 Å². The summed E-state index contributed by atoms with van der Waals surface area (Å²) in [5.74, 6) is 0. The number of rotatable bonds is 2. The molecule has 2 nitrogen and oxygen atoms in total. The summed E-state index contributed by atoms with van der Waals surface area (Å²) in [6, 6.07) is 0. The molecule has 0 fully saturated rings. The van der Waals surface area contributed by atoms with E-state index in [-0.39, 0.29) is 49.6 Å². The molecule has 0 rings (SSSR count). The highest BCUT2D eigenvalue weighted by Gasteiger charge is 1.59. The number of hydrazine groups is 1. The molecule has 0 aliphatic heterocycles. The average Bonchev–Trinajstić information content (AvgIpc) is 1.41. The third-order valence-corrected chi connectivity index (χ3v) is 0.354. The fraction of sp³-hybridized carbons (Fsp3) is 1.00. The Labute approximate surface area is 81.2 Å². The monoisotopic (exact) mass is 218 g/mol. The van der Waals surface area contributed by atoms with E-state index in [1.54, 1.807) is 0 Å². The van der Waals surface area contributed by atoms with Crippen molar-refractivity contribution in [2.75, 3.05) is 13.6 Å². The predicted molar refractivity (Wildman–Crippen MR) is 51.7 cm³/mol. The number of hydrogen-bond donors (Lipinski definition) is 2. The molecule has 6 heteroatoms. The molecule has 0 aliphatic rings. The van der Waals surface area contributed by atoms with Gasteiger partial charge in [-0.05, 0) is 7.05 Å². The van der Waals surface area contributed by atoms with Crippen LogP contribution in [0.5, 0.6) is 0 Å². The molecule has 0 saturated carbocycles. The summed E-state index contributed by atoms with van der Waals surface area (Å²) < 4.78 is 0. The highest BCUT2D eigenvalue weighted by molar-refractivity contribution is 5.86. The minimum Gasteiger partial charge on any atom is -0.261 e. The highest BCUT2D eigenvalue weighted by atomic mass is 35.5. The van der Waals surface area contributed by atoms with Gasteiger partial charge in [0.15, 0.2) is 0 Å². The van der Waals surface area contributed by atoms with Gasteiger partial charge in [0.1, 0.15) is 0 Å². The quantitative estimate of drug-likeness (QED) is 0.687. The molecule has 0 radical (unpaired) electrons. The zero-order valence-corrected chi connectivity index (χ0v) is 8.61. The third-order valence-electron chi connectivity index (χ3n) is 0.354. The second kappa shape index (κ2) is 35.6. The molecule has 0 spiro atoms. The minimum atomic E-state index is 0. The van der Waals surface area contributed by atoms with Crippen molar-refractivity contribution in [3.63, 3.8) is 0 Å². The molecule has 0 saturated heterocycles. The Morgan fingerprint density at radius 1 is 1.00 bits per heavy atom. The number of nitrogens with one attached hydrogen (secondary N) is 2. The van der Waals surface area contributed by atoms with Gasteiger partial charge in [0.25, 0.3) is 0 Å². The lowest BCUT2D eigenvalue weighted by Crippen LogP contribution is -2.26. The Balaban J connectivity index is -0.0000000133. The van der Waals surface area contributed by atoms with E-state index in [1.165, 1.54) is 0 Å². The van der Waals surface area contributed by atoms with Gasteiger partial charge in [-0.2, -0.15) is 0 Å². The van der Waals surface area contributed by atoms with Crippen molar-refractivity contribution in [2.24, 2.45) is 0 Å². The molecule has 64 valence electrons. The molecule has 0 unspecified atom stereocenters. The summed E-state index contributed by atoms with van der Waals surface area (Å²) in [5.41, 5.74) is 5.63. The highest BCUT2D eigenvalue weighted by Crippen LogP contribution is 1.36. The molecule has 0 aromatic rings. The smallest absolute Gasteiger partial charge is 0.00712 e. The molecule has 0 aromatic carbocycles. The van der Waals surface area contributed by atoms with Crippen molar-refractivity contribution in [3.05, 3.63) is 0 Å². The third kappa shape index (κ3) is 48.0. The van der Waals surface area contributed by atoms with Crippen LogP contribution in [0.3, 0.4) is 0 Å². The van der Waals surface area contributed by atoms with Crippen molar-refractivity contribution < 1.29 is 0 Å². The van der Waals surface area contributed by atoms with Crippen molar-refractivity contribution in [1.82, 2.24) is 10.9 Å².